The molecule has 0 aliphatic heterocycles. The molecule has 0 spiro atoms. The molecule has 0 heterocycles. The third kappa shape index (κ3) is 3.30. The van der Waals surface area contributed by atoms with Crippen LogP contribution in [0.4, 0.5) is 13.2 Å². The Morgan fingerprint density at radius 2 is 1.74 bits per heavy atom. The fourth-order valence-electron chi connectivity index (χ4n) is 1.65. The Kier molecular flexibility index (Phi) is 4.50. The second-order valence-electron chi connectivity index (χ2n) is 3.96. The van der Waals surface area contributed by atoms with Gasteiger partial charge in [0.15, 0.2) is 0 Å². The molecular weight excluding hydrogens is 271 g/mol. The van der Waals surface area contributed by atoms with Crippen molar-refractivity contribution in [1.82, 2.24) is 0 Å². The van der Waals surface area contributed by atoms with Gasteiger partial charge in [0.2, 0.25) is 0 Å². The van der Waals surface area contributed by atoms with E-state index >= 15 is 0 Å². The molecule has 5 heteroatoms. The highest BCUT2D eigenvalue weighted by Gasteiger charge is 2.09. The van der Waals surface area contributed by atoms with Gasteiger partial charge in [-0.2, -0.15) is 0 Å². The van der Waals surface area contributed by atoms with Crippen molar-refractivity contribution in [3.05, 3.63) is 65.0 Å². The summed E-state index contributed by atoms with van der Waals surface area (Å²) < 4.78 is 40.1. The minimum Gasteiger partial charge on any atom is -0.326 e. The predicted molar refractivity (Wildman–Crippen MR) is 70.2 cm³/mol. The van der Waals surface area contributed by atoms with Crippen LogP contribution in [-0.2, 0) is 12.3 Å². The zero-order chi connectivity index (χ0) is 13.8. The summed E-state index contributed by atoms with van der Waals surface area (Å²) in [6, 6.07) is 8.29. The van der Waals surface area contributed by atoms with Gasteiger partial charge in [0.25, 0.3) is 0 Å². The van der Waals surface area contributed by atoms with Crippen LogP contribution in [0.15, 0.2) is 41.3 Å². The van der Waals surface area contributed by atoms with Gasteiger partial charge in [-0.25, -0.2) is 13.2 Å². The second kappa shape index (κ2) is 6.12. The van der Waals surface area contributed by atoms with E-state index in [0.29, 0.717) is 16.0 Å². The molecule has 0 bridgehead atoms. The molecule has 0 saturated carbocycles. The van der Waals surface area contributed by atoms with Crippen LogP contribution in [0.3, 0.4) is 0 Å². The maximum atomic E-state index is 13.9. The van der Waals surface area contributed by atoms with Crippen LogP contribution in [0, 0.1) is 17.5 Å². The number of rotatable bonds is 4. The van der Waals surface area contributed by atoms with Crippen molar-refractivity contribution >= 4 is 11.8 Å². The van der Waals surface area contributed by atoms with Crippen molar-refractivity contribution in [3.8, 4) is 0 Å². The number of nitrogens with two attached hydrogens (primary N) is 1. The molecule has 1 nitrogen and oxygen atoms in total. The number of benzene rings is 2. The summed E-state index contributed by atoms with van der Waals surface area (Å²) in [4.78, 5) is 0.291. The normalized spacial score (nSPS) is 10.7. The SMILES string of the molecule is NCc1cccc(CSc2ccc(F)cc2F)c1F. The topological polar surface area (TPSA) is 26.0 Å². The molecule has 0 fully saturated rings. The van der Waals surface area contributed by atoms with E-state index < -0.39 is 11.6 Å². The van der Waals surface area contributed by atoms with Crippen molar-refractivity contribution in [2.75, 3.05) is 0 Å². The number of hydrogen-bond donors (Lipinski definition) is 1. The molecule has 0 aromatic heterocycles. The fourth-order valence-corrected chi connectivity index (χ4v) is 2.54. The van der Waals surface area contributed by atoms with Crippen LogP contribution in [0.1, 0.15) is 11.1 Å². The molecule has 2 aromatic rings. The van der Waals surface area contributed by atoms with Crippen LogP contribution < -0.4 is 5.73 Å². The number of halogens is 3. The Labute approximate surface area is 113 Å². The fraction of sp³-hybridized carbons (Fsp3) is 0.143. The minimum absolute atomic E-state index is 0.120. The summed E-state index contributed by atoms with van der Waals surface area (Å²) in [5.41, 5.74) is 6.30. The van der Waals surface area contributed by atoms with E-state index in [4.69, 9.17) is 5.73 Å². The zero-order valence-corrected chi connectivity index (χ0v) is 10.8. The first kappa shape index (κ1) is 14.0. The maximum absolute atomic E-state index is 13.9. The van der Waals surface area contributed by atoms with Crippen molar-refractivity contribution < 1.29 is 13.2 Å². The van der Waals surface area contributed by atoms with Gasteiger partial charge in [0, 0.05) is 28.8 Å². The summed E-state index contributed by atoms with van der Waals surface area (Å²) in [7, 11) is 0. The van der Waals surface area contributed by atoms with Gasteiger partial charge in [0.1, 0.15) is 17.5 Å². The smallest absolute Gasteiger partial charge is 0.139 e. The highest BCUT2D eigenvalue weighted by atomic mass is 32.2. The van der Waals surface area contributed by atoms with Gasteiger partial charge in [-0.05, 0) is 17.7 Å². The molecule has 2 rings (SSSR count). The third-order valence-corrected chi connectivity index (χ3v) is 3.75. The van der Waals surface area contributed by atoms with E-state index in [9.17, 15) is 13.2 Å². The van der Waals surface area contributed by atoms with Crippen LogP contribution in [0.25, 0.3) is 0 Å². The van der Waals surface area contributed by atoms with Gasteiger partial charge >= 0.3 is 0 Å². The highest BCUT2D eigenvalue weighted by Crippen LogP contribution is 2.27. The largest absolute Gasteiger partial charge is 0.326 e. The first-order chi connectivity index (χ1) is 9.11. The first-order valence-electron chi connectivity index (χ1n) is 5.66. The van der Waals surface area contributed by atoms with Gasteiger partial charge in [0.05, 0.1) is 0 Å². The van der Waals surface area contributed by atoms with Crippen molar-refractivity contribution in [3.63, 3.8) is 0 Å². The summed E-state index contributed by atoms with van der Waals surface area (Å²) in [5, 5.41) is 0. The standard InChI is InChI=1S/C14H12F3NS/c15-11-4-5-13(12(16)6-11)19-8-10-3-1-2-9(7-18)14(10)17/h1-6H,7-8,18H2. The molecule has 2 N–H and O–H groups in total. The van der Waals surface area contributed by atoms with E-state index in [-0.39, 0.29) is 18.1 Å². The number of thioether (sulfide) groups is 1. The molecule has 0 unspecified atom stereocenters. The average molecular weight is 283 g/mol. The Morgan fingerprint density at radius 1 is 1.00 bits per heavy atom. The van der Waals surface area contributed by atoms with Crippen molar-refractivity contribution in [1.29, 1.82) is 0 Å². The molecule has 0 aliphatic carbocycles. The molecule has 100 valence electrons. The van der Waals surface area contributed by atoms with E-state index in [1.165, 1.54) is 12.1 Å². The number of hydrogen-bond acceptors (Lipinski definition) is 2. The molecule has 0 aliphatic rings. The molecule has 0 amide bonds. The highest BCUT2D eigenvalue weighted by molar-refractivity contribution is 7.98. The van der Waals surface area contributed by atoms with Crippen LogP contribution in [-0.4, -0.2) is 0 Å². The van der Waals surface area contributed by atoms with E-state index in [1.807, 2.05) is 0 Å². The Balaban J connectivity index is 2.14. The zero-order valence-electron chi connectivity index (χ0n) is 10.00. The van der Waals surface area contributed by atoms with Crippen LogP contribution >= 0.6 is 11.8 Å². The van der Waals surface area contributed by atoms with E-state index in [0.717, 1.165) is 17.8 Å². The van der Waals surface area contributed by atoms with Crippen molar-refractivity contribution in [2.45, 2.75) is 17.2 Å². The molecular formula is C14H12F3NS. The lowest BCUT2D eigenvalue weighted by Crippen LogP contribution is -2.02. The quantitative estimate of drug-likeness (QED) is 0.862. The van der Waals surface area contributed by atoms with Crippen molar-refractivity contribution in [2.24, 2.45) is 5.73 Å². The lowest BCUT2D eigenvalue weighted by molar-refractivity contribution is 0.565. The Hall–Kier alpha value is -1.46. The van der Waals surface area contributed by atoms with E-state index in [1.54, 1.807) is 18.2 Å². The second-order valence-corrected chi connectivity index (χ2v) is 4.97. The van der Waals surface area contributed by atoms with Gasteiger partial charge in [-0.15, -0.1) is 11.8 Å². The van der Waals surface area contributed by atoms with Gasteiger partial charge in [-0.1, -0.05) is 18.2 Å². The first-order valence-corrected chi connectivity index (χ1v) is 6.64. The summed E-state index contributed by atoms with van der Waals surface area (Å²) in [6.07, 6.45) is 0. The predicted octanol–water partition coefficient (Wildman–Crippen LogP) is 3.85. The monoisotopic (exact) mass is 283 g/mol. The third-order valence-electron chi connectivity index (χ3n) is 2.66. The summed E-state index contributed by atoms with van der Waals surface area (Å²) >= 11 is 1.12. The molecule has 0 atom stereocenters. The molecule has 19 heavy (non-hydrogen) atoms. The average Bonchev–Trinajstić information content (AvgIpc) is 2.39. The molecule has 0 radical (unpaired) electrons. The van der Waals surface area contributed by atoms with Crippen LogP contribution in [0.5, 0.6) is 0 Å². The van der Waals surface area contributed by atoms with Gasteiger partial charge in [-0.3, -0.25) is 0 Å². The van der Waals surface area contributed by atoms with Crippen LogP contribution in [0.2, 0.25) is 0 Å². The summed E-state index contributed by atoms with van der Waals surface area (Å²) in [5.74, 6) is -1.36. The lowest BCUT2D eigenvalue weighted by Gasteiger charge is -2.07. The molecule has 0 saturated heterocycles. The Bertz CT molecular complexity index is 587. The summed E-state index contributed by atoms with van der Waals surface area (Å²) in [6.45, 7) is 0.120. The Morgan fingerprint density at radius 3 is 2.42 bits per heavy atom. The van der Waals surface area contributed by atoms with Gasteiger partial charge < -0.3 is 5.73 Å². The molecule has 2 aromatic carbocycles. The van der Waals surface area contributed by atoms with E-state index in [2.05, 4.69) is 0 Å². The maximum Gasteiger partial charge on any atom is 0.139 e. The minimum atomic E-state index is -0.639. The lowest BCUT2D eigenvalue weighted by atomic mass is 10.1.